The average molecular weight is 452 g/mol. The van der Waals surface area contributed by atoms with Gasteiger partial charge in [-0.3, -0.25) is 14.2 Å². The van der Waals surface area contributed by atoms with E-state index in [1.807, 2.05) is 35.7 Å². The SMILES string of the molecule is CCCCn1c(SCC(=O)Nc2ccc(Br)cc2)nc2ccsc2c1=O. The first kappa shape index (κ1) is 19.1. The van der Waals surface area contributed by atoms with E-state index in [9.17, 15) is 9.59 Å². The number of rotatable bonds is 7. The molecule has 1 aromatic carbocycles. The number of anilines is 1. The average Bonchev–Trinajstić information content (AvgIpc) is 3.10. The van der Waals surface area contributed by atoms with Gasteiger partial charge in [-0.25, -0.2) is 4.98 Å². The van der Waals surface area contributed by atoms with Gasteiger partial charge in [0, 0.05) is 16.7 Å². The molecule has 8 heteroatoms. The lowest BCUT2D eigenvalue weighted by Crippen LogP contribution is -2.23. The summed E-state index contributed by atoms with van der Waals surface area (Å²) in [6.07, 6.45) is 1.89. The molecule has 3 aromatic rings. The molecule has 0 bridgehead atoms. The minimum atomic E-state index is -0.126. The van der Waals surface area contributed by atoms with Crippen LogP contribution in [-0.4, -0.2) is 21.2 Å². The van der Waals surface area contributed by atoms with Crippen LogP contribution in [0.3, 0.4) is 0 Å². The van der Waals surface area contributed by atoms with Gasteiger partial charge in [0.2, 0.25) is 5.91 Å². The molecule has 0 radical (unpaired) electrons. The van der Waals surface area contributed by atoms with Crippen LogP contribution in [0.1, 0.15) is 19.8 Å². The molecule has 0 fully saturated rings. The number of carbonyl (C=O) groups is 1. The monoisotopic (exact) mass is 451 g/mol. The summed E-state index contributed by atoms with van der Waals surface area (Å²) in [6, 6.07) is 9.25. The van der Waals surface area contributed by atoms with E-state index in [2.05, 4.69) is 33.2 Å². The Morgan fingerprint density at radius 1 is 1.31 bits per heavy atom. The normalized spacial score (nSPS) is 11.0. The summed E-state index contributed by atoms with van der Waals surface area (Å²) in [5.74, 6) is 0.0728. The zero-order chi connectivity index (χ0) is 18.5. The van der Waals surface area contributed by atoms with Crippen molar-refractivity contribution in [1.82, 2.24) is 9.55 Å². The Balaban J connectivity index is 1.75. The van der Waals surface area contributed by atoms with Gasteiger partial charge in [-0.15, -0.1) is 11.3 Å². The van der Waals surface area contributed by atoms with Gasteiger partial charge in [-0.2, -0.15) is 0 Å². The van der Waals surface area contributed by atoms with Gasteiger partial charge < -0.3 is 5.32 Å². The van der Waals surface area contributed by atoms with Crippen LogP contribution < -0.4 is 10.9 Å². The Labute approximate surface area is 168 Å². The van der Waals surface area contributed by atoms with Gasteiger partial charge in [-0.05, 0) is 42.1 Å². The smallest absolute Gasteiger partial charge is 0.272 e. The van der Waals surface area contributed by atoms with Crippen molar-refractivity contribution in [1.29, 1.82) is 0 Å². The number of thioether (sulfide) groups is 1. The Bertz CT molecular complexity index is 967. The predicted octanol–water partition coefficient (Wildman–Crippen LogP) is 4.75. The number of fused-ring (bicyclic) bond motifs is 1. The quantitative estimate of drug-likeness (QED) is 0.415. The van der Waals surface area contributed by atoms with Crippen molar-refractivity contribution in [3.63, 3.8) is 0 Å². The second-order valence-electron chi connectivity index (χ2n) is 5.68. The fourth-order valence-corrected chi connectivity index (χ4v) is 4.28. The van der Waals surface area contributed by atoms with E-state index >= 15 is 0 Å². The van der Waals surface area contributed by atoms with E-state index < -0.39 is 0 Å². The summed E-state index contributed by atoms with van der Waals surface area (Å²) in [5.41, 5.74) is 1.42. The molecule has 0 saturated heterocycles. The third-order valence-electron chi connectivity index (χ3n) is 3.73. The van der Waals surface area contributed by atoms with Gasteiger partial charge in [0.25, 0.3) is 5.56 Å². The molecule has 0 aliphatic heterocycles. The first-order valence-electron chi connectivity index (χ1n) is 8.24. The van der Waals surface area contributed by atoms with Crippen LogP contribution in [0.5, 0.6) is 0 Å². The highest BCUT2D eigenvalue weighted by Crippen LogP contribution is 2.22. The molecular weight excluding hydrogens is 434 g/mol. The number of nitrogens with one attached hydrogen (secondary N) is 1. The first-order valence-corrected chi connectivity index (χ1v) is 10.9. The summed E-state index contributed by atoms with van der Waals surface area (Å²) >= 11 is 6.07. The Morgan fingerprint density at radius 2 is 2.08 bits per heavy atom. The van der Waals surface area contributed by atoms with Crippen LogP contribution in [-0.2, 0) is 11.3 Å². The number of thiophene rings is 1. The number of hydrogen-bond donors (Lipinski definition) is 1. The second-order valence-corrected chi connectivity index (χ2v) is 8.46. The van der Waals surface area contributed by atoms with Crippen LogP contribution in [0.25, 0.3) is 10.2 Å². The molecule has 2 aromatic heterocycles. The molecule has 3 rings (SSSR count). The highest BCUT2D eigenvalue weighted by atomic mass is 79.9. The van der Waals surface area contributed by atoms with Crippen molar-refractivity contribution in [2.75, 3.05) is 11.1 Å². The van der Waals surface area contributed by atoms with Gasteiger partial charge in [0.05, 0.1) is 11.3 Å². The van der Waals surface area contributed by atoms with Crippen LogP contribution in [0, 0.1) is 0 Å². The van der Waals surface area contributed by atoms with Crippen molar-refractivity contribution in [3.05, 3.63) is 50.5 Å². The lowest BCUT2D eigenvalue weighted by atomic mass is 10.3. The molecule has 1 N–H and O–H groups in total. The lowest BCUT2D eigenvalue weighted by molar-refractivity contribution is -0.113. The second kappa shape index (κ2) is 8.83. The van der Waals surface area contributed by atoms with Gasteiger partial charge >= 0.3 is 0 Å². The lowest BCUT2D eigenvalue weighted by Gasteiger charge is -2.11. The summed E-state index contributed by atoms with van der Waals surface area (Å²) in [7, 11) is 0. The standard InChI is InChI=1S/C18H18BrN3O2S2/c1-2-3-9-22-17(24)16-14(8-10-25-16)21-18(22)26-11-15(23)20-13-6-4-12(19)5-7-13/h4-8,10H,2-3,9,11H2,1H3,(H,20,23). The Hall–Kier alpha value is -1.64. The molecule has 2 heterocycles. The molecule has 1 amide bonds. The van der Waals surface area contributed by atoms with E-state index in [1.54, 1.807) is 4.57 Å². The van der Waals surface area contributed by atoms with E-state index in [0.29, 0.717) is 21.9 Å². The minimum Gasteiger partial charge on any atom is -0.325 e. The maximum absolute atomic E-state index is 12.7. The molecule has 136 valence electrons. The maximum atomic E-state index is 12.7. The van der Waals surface area contributed by atoms with Gasteiger partial charge in [0.15, 0.2) is 5.16 Å². The van der Waals surface area contributed by atoms with Crippen LogP contribution >= 0.6 is 39.0 Å². The van der Waals surface area contributed by atoms with Gasteiger partial charge in [-0.1, -0.05) is 41.0 Å². The fourth-order valence-electron chi connectivity index (χ4n) is 2.41. The number of benzene rings is 1. The van der Waals surface area contributed by atoms with Crippen LogP contribution in [0.15, 0.2) is 50.1 Å². The van der Waals surface area contributed by atoms with E-state index in [0.717, 1.165) is 23.0 Å². The molecule has 0 spiro atoms. The number of unbranched alkanes of at least 4 members (excludes halogenated alkanes) is 1. The Morgan fingerprint density at radius 3 is 2.81 bits per heavy atom. The summed E-state index contributed by atoms with van der Waals surface area (Å²) < 4.78 is 3.32. The molecule has 5 nitrogen and oxygen atoms in total. The number of aromatic nitrogens is 2. The highest BCUT2D eigenvalue weighted by Gasteiger charge is 2.14. The maximum Gasteiger partial charge on any atom is 0.272 e. The van der Waals surface area contributed by atoms with E-state index in [4.69, 9.17) is 0 Å². The molecule has 0 aliphatic carbocycles. The third-order valence-corrected chi connectivity index (χ3v) is 6.12. The van der Waals surface area contributed by atoms with E-state index in [1.165, 1.54) is 23.1 Å². The molecule has 0 aliphatic rings. The van der Waals surface area contributed by atoms with Crippen molar-refractivity contribution in [2.24, 2.45) is 0 Å². The first-order chi connectivity index (χ1) is 12.6. The zero-order valence-electron chi connectivity index (χ0n) is 14.2. The predicted molar refractivity (Wildman–Crippen MR) is 112 cm³/mol. The van der Waals surface area contributed by atoms with Crippen LogP contribution in [0.2, 0.25) is 0 Å². The highest BCUT2D eigenvalue weighted by molar-refractivity contribution is 9.10. The van der Waals surface area contributed by atoms with Crippen molar-refractivity contribution in [3.8, 4) is 0 Å². The van der Waals surface area contributed by atoms with Crippen molar-refractivity contribution >= 4 is 60.8 Å². The molecule has 0 unspecified atom stereocenters. The topological polar surface area (TPSA) is 64.0 Å². The Kier molecular flexibility index (Phi) is 6.50. The molecule has 26 heavy (non-hydrogen) atoms. The zero-order valence-corrected chi connectivity index (χ0v) is 17.4. The number of amides is 1. The van der Waals surface area contributed by atoms with E-state index in [-0.39, 0.29) is 17.2 Å². The van der Waals surface area contributed by atoms with Crippen LogP contribution in [0.4, 0.5) is 5.69 Å². The summed E-state index contributed by atoms with van der Waals surface area (Å²) in [4.78, 5) is 29.5. The number of halogens is 1. The number of hydrogen-bond acceptors (Lipinski definition) is 5. The minimum absolute atomic E-state index is 0.0192. The molecular formula is C18H18BrN3O2S2. The molecule has 0 saturated carbocycles. The van der Waals surface area contributed by atoms with Crippen molar-refractivity contribution in [2.45, 2.75) is 31.5 Å². The molecule has 0 atom stereocenters. The number of nitrogens with zero attached hydrogens (tertiary/aromatic N) is 2. The van der Waals surface area contributed by atoms with Crippen molar-refractivity contribution < 1.29 is 4.79 Å². The summed E-state index contributed by atoms with van der Waals surface area (Å²) in [6.45, 7) is 2.70. The third kappa shape index (κ3) is 4.55. The summed E-state index contributed by atoms with van der Waals surface area (Å²) in [5, 5.41) is 5.33. The van der Waals surface area contributed by atoms with Gasteiger partial charge in [0.1, 0.15) is 4.70 Å². The largest absolute Gasteiger partial charge is 0.325 e. The fraction of sp³-hybridized carbons (Fsp3) is 0.278. The number of carbonyl (C=O) groups excluding carboxylic acids is 1.